The molecule has 2 aliphatic heterocycles. The summed E-state index contributed by atoms with van der Waals surface area (Å²) in [6.07, 6.45) is 3.48. The number of para-hydroxylation sites is 1. The number of benzene rings is 1. The maximum absolute atomic E-state index is 9.90. The van der Waals surface area contributed by atoms with Crippen molar-refractivity contribution in [1.29, 1.82) is 0 Å². The van der Waals surface area contributed by atoms with Crippen molar-refractivity contribution in [2.24, 2.45) is 0 Å². The minimum Gasteiger partial charge on any atom is -0.393 e. The van der Waals surface area contributed by atoms with Gasteiger partial charge in [-0.3, -0.25) is 0 Å². The first-order valence-corrected chi connectivity index (χ1v) is 6.90. The van der Waals surface area contributed by atoms with Crippen molar-refractivity contribution < 1.29 is 10.2 Å². The molecule has 1 aromatic carbocycles. The fraction of sp³-hybridized carbons (Fsp3) is 0.600. The largest absolute Gasteiger partial charge is 0.393 e. The first-order chi connectivity index (χ1) is 8.66. The maximum atomic E-state index is 9.90. The Morgan fingerprint density at radius 1 is 1.17 bits per heavy atom. The van der Waals surface area contributed by atoms with E-state index in [4.69, 9.17) is 0 Å². The Balaban J connectivity index is 1.96. The van der Waals surface area contributed by atoms with Crippen LogP contribution in [0.1, 0.15) is 44.3 Å². The zero-order chi connectivity index (χ0) is 12.7. The Kier molecular flexibility index (Phi) is 3.04. The van der Waals surface area contributed by atoms with Gasteiger partial charge >= 0.3 is 0 Å². The number of aliphatic hydroxyl groups excluding tert-OH is 2. The molecule has 98 valence electrons. The molecule has 0 amide bonds. The summed E-state index contributed by atoms with van der Waals surface area (Å²) in [5, 5.41) is 19.8. The molecule has 0 aliphatic carbocycles. The first kappa shape index (κ1) is 12.0. The smallest absolute Gasteiger partial charge is 0.0781 e. The van der Waals surface area contributed by atoms with Crippen molar-refractivity contribution in [1.82, 2.24) is 0 Å². The summed E-state index contributed by atoms with van der Waals surface area (Å²) >= 11 is 0. The van der Waals surface area contributed by atoms with Crippen LogP contribution in [0.5, 0.6) is 0 Å². The minimum atomic E-state index is -0.438. The predicted molar refractivity (Wildman–Crippen MR) is 71.6 cm³/mol. The van der Waals surface area contributed by atoms with Gasteiger partial charge in [0.2, 0.25) is 0 Å². The lowest BCUT2D eigenvalue weighted by Gasteiger charge is -2.40. The van der Waals surface area contributed by atoms with E-state index in [1.807, 2.05) is 25.1 Å². The van der Waals surface area contributed by atoms with Crippen molar-refractivity contribution in [3.63, 3.8) is 0 Å². The van der Waals surface area contributed by atoms with E-state index in [0.717, 1.165) is 36.9 Å². The lowest BCUT2D eigenvalue weighted by molar-refractivity contribution is 0.126. The molecule has 2 heterocycles. The van der Waals surface area contributed by atoms with Gasteiger partial charge in [0, 0.05) is 23.3 Å². The van der Waals surface area contributed by atoms with E-state index in [1.165, 1.54) is 0 Å². The highest BCUT2D eigenvalue weighted by atomic mass is 16.3. The maximum Gasteiger partial charge on any atom is 0.0781 e. The topological polar surface area (TPSA) is 43.7 Å². The molecule has 0 spiro atoms. The molecule has 3 heteroatoms. The monoisotopic (exact) mass is 247 g/mol. The van der Waals surface area contributed by atoms with Gasteiger partial charge in [0.25, 0.3) is 0 Å². The number of aliphatic hydroxyl groups is 2. The van der Waals surface area contributed by atoms with Crippen LogP contribution >= 0.6 is 0 Å². The minimum absolute atomic E-state index is 0.141. The van der Waals surface area contributed by atoms with Gasteiger partial charge in [-0.25, -0.2) is 0 Å². The molecule has 18 heavy (non-hydrogen) atoms. The molecule has 2 bridgehead atoms. The van der Waals surface area contributed by atoms with Crippen LogP contribution in [0.3, 0.4) is 0 Å². The SMILES string of the molecule is CC(O)c1ccccc1N1C2CCC1CC(O)C2. The Bertz CT molecular complexity index is 418. The third-order valence-corrected chi connectivity index (χ3v) is 4.37. The number of hydrogen-bond acceptors (Lipinski definition) is 3. The molecular formula is C15H21NO2. The van der Waals surface area contributed by atoms with Crippen molar-refractivity contribution >= 4 is 5.69 Å². The van der Waals surface area contributed by atoms with E-state index in [9.17, 15) is 10.2 Å². The van der Waals surface area contributed by atoms with Crippen LogP contribution in [0.2, 0.25) is 0 Å². The normalized spacial score (nSPS) is 32.6. The number of nitrogens with zero attached hydrogens (tertiary/aromatic N) is 1. The fourth-order valence-corrected chi connectivity index (χ4v) is 3.62. The Hall–Kier alpha value is -1.06. The summed E-state index contributed by atoms with van der Waals surface area (Å²) in [4.78, 5) is 2.44. The van der Waals surface area contributed by atoms with Gasteiger partial charge in [0.15, 0.2) is 0 Å². The number of hydrogen-bond donors (Lipinski definition) is 2. The molecule has 0 saturated carbocycles. The van der Waals surface area contributed by atoms with Gasteiger partial charge in [-0.2, -0.15) is 0 Å². The second-order valence-corrected chi connectivity index (χ2v) is 5.65. The van der Waals surface area contributed by atoms with E-state index < -0.39 is 6.10 Å². The van der Waals surface area contributed by atoms with E-state index in [1.54, 1.807) is 0 Å². The summed E-state index contributed by atoms with van der Waals surface area (Å²) < 4.78 is 0. The van der Waals surface area contributed by atoms with Crippen molar-refractivity contribution in [2.45, 2.75) is 56.9 Å². The molecule has 2 aliphatic rings. The summed E-state index contributed by atoms with van der Waals surface area (Å²) in [7, 11) is 0. The second kappa shape index (κ2) is 4.56. The Morgan fingerprint density at radius 2 is 1.78 bits per heavy atom. The Morgan fingerprint density at radius 3 is 2.39 bits per heavy atom. The summed E-state index contributed by atoms with van der Waals surface area (Å²) in [5.74, 6) is 0. The molecular weight excluding hydrogens is 226 g/mol. The molecule has 3 rings (SSSR count). The predicted octanol–water partition coefficient (Wildman–Crippen LogP) is 2.23. The summed E-state index contributed by atoms with van der Waals surface area (Å²) in [6.45, 7) is 1.82. The zero-order valence-corrected chi connectivity index (χ0v) is 10.8. The van der Waals surface area contributed by atoms with E-state index in [0.29, 0.717) is 12.1 Å². The summed E-state index contributed by atoms with van der Waals surface area (Å²) in [6, 6.07) is 9.00. The van der Waals surface area contributed by atoms with Gasteiger partial charge in [-0.15, -0.1) is 0 Å². The molecule has 3 atom stereocenters. The molecule has 1 aromatic rings. The first-order valence-electron chi connectivity index (χ1n) is 6.90. The Labute approximate surface area is 108 Å². The molecule has 3 unspecified atom stereocenters. The summed E-state index contributed by atoms with van der Waals surface area (Å²) in [5.41, 5.74) is 2.16. The molecule has 3 nitrogen and oxygen atoms in total. The van der Waals surface area contributed by atoms with E-state index in [2.05, 4.69) is 11.0 Å². The highest BCUT2D eigenvalue weighted by molar-refractivity contribution is 5.57. The van der Waals surface area contributed by atoms with Gasteiger partial charge in [0.05, 0.1) is 12.2 Å². The van der Waals surface area contributed by atoms with Crippen molar-refractivity contribution in [3.8, 4) is 0 Å². The second-order valence-electron chi connectivity index (χ2n) is 5.65. The van der Waals surface area contributed by atoms with Crippen LogP contribution in [0.15, 0.2) is 24.3 Å². The van der Waals surface area contributed by atoms with E-state index in [-0.39, 0.29) is 6.10 Å². The van der Waals surface area contributed by atoms with Crippen LogP contribution in [0, 0.1) is 0 Å². The van der Waals surface area contributed by atoms with Crippen LogP contribution in [-0.4, -0.2) is 28.4 Å². The molecule has 2 fully saturated rings. The molecule has 0 aromatic heterocycles. The molecule has 2 saturated heterocycles. The van der Waals surface area contributed by atoms with Crippen LogP contribution in [-0.2, 0) is 0 Å². The van der Waals surface area contributed by atoms with Gasteiger partial charge in [0.1, 0.15) is 0 Å². The van der Waals surface area contributed by atoms with Crippen LogP contribution in [0.4, 0.5) is 5.69 Å². The van der Waals surface area contributed by atoms with Gasteiger partial charge in [-0.05, 0) is 38.7 Å². The zero-order valence-electron chi connectivity index (χ0n) is 10.8. The standard InChI is InChI=1S/C15H21NO2/c1-10(17)14-4-2-3-5-15(14)16-11-6-7-12(16)9-13(18)8-11/h2-5,10-13,17-18H,6-9H2,1H3. The number of piperidine rings is 1. The number of fused-ring (bicyclic) bond motifs is 2. The highest BCUT2D eigenvalue weighted by Crippen LogP contribution is 2.41. The lowest BCUT2D eigenvalue weighted by Crippen LogP contribution is -2.45. The quantitative estimate of drug-likeness (QED) is 0.842. The number of anilines is 1. The van der Waals surface area contributed by atoms with Gasteiger partial charge in [-0.1, -0.05) is 18.2 Å². The molecule has 2 N–H and O–H groups in total. The third kappa shape index (κ3) is 1.91. The fourth-order valence-electron chi connectivity index (χ4n) is 3.62. The van der Waals surface area contributed by atoms with E-state index >= 15 is 0 Å². The average molecular weight is 247 g/mol. The number of rotatable bonds is 2. The highest BCUT2D eigenvalue weighted by Gasteiger charge is 2.40. The molecule has 0 radical (unpaired) electrons. The van der Waals surface area contributed by atoms with Gasteiger partial charge < -0.3 is 15.1 Å². The average Bonchev–Trinajstić information content (AvgIpc) is 2.61. The van der Waals surface area contributed by atoms with Crippen LogP contribution < -0.4 is 4.90 Å². The van der Waals surface area contributed by atoms with Crippen molar-refractivity contribution in [2.75, 3.05) is 4.90 Å². The van der Waals surface area contributed by atoms with Crippen molar-refractivity contribution in [3.05, 3.63) is 29.8 Å². The lowest BCUT2D eigenvalue weighted by atomic mass is 9.97. The van der Waals surface area contributed by atoms with Crippen LogP contribution in [0.25, 0.3) is 0 Å². The third-order valence-electron chi connectivity index (χ3n) is 4.37.